The number of rotatable bonds is 6. The number of primary amides is 1. The lowest BCUT2D eigenvalue weighted by atomic mass is 9.97. The van der Waals surface area contributed by atoms with E-state index in [0.29, 0.717) is 28.9 Å². The van der Waals surface area contributed by atoms with E-state index in [-0.39, 0.29) is 37.9 Å². The van der Waals surface area contributed by atoms with Crippen LogP contribution in [0.1, 0.15) is 16.8 Å². The van der Waals surface area contributed by atoms with E-state index in [1.807, 2.05) is 0 Å². The summed E-state index contributed by atoms with van der Waals surface area (Å²) in [5.41, 5.74) is 6.02. The van der Waals surface area contributed by atoms with Crippen LogP contribution >= 0.6 is 0 Å². The molecule has 1 saturated heterocycles. The van der Waals surface area contributed by atoms with Gasteiger partial charge < -0.3 is 20.1 Å². The smallest absolute Gasteiger partial charge is 0.254 e. The Bertz CT molecular complexity index is 1070. The third-order valence-electron chi connectivity index (χ3n) is 4.91. The first kappa shape index (κ1) is 19.8. The quantitative estimate of drug-likeness (QED) is 0.627. The highest BCUT2D eigenvalue weighted by Gasteiger charge is 2.41. The molecule has 0 unspecified atom stereocenters. The molecule has 2 amide bonds. The lowest BCUT2D eigenvalue weighted by Gasteiger charge is -2.42. The minimum absolute atomic E-state index is 0.0202. The van der Waals surface area contributed by atoms with Gasteiger partial charge in [0.2, 0.25) is 5.91 Å². The second-order valence-electron chi connectivity index (χ2n) is 7.17. The average Bonchev–Trinajstić information content (AvgIpc) is 3.20. The molecule has 2 aromatic carbocycles. The predicted octanol–water partition coefficient (Wildman–Crippen LogP) is 1.26. The number of nitrogens with one attached hydrogen (secondary N) is 1. The first-order chi connectivity index (χ1) is 14.4. The van der Waals surface area contributed by atoms with Gasteiger partial charge >= 0.3 is 0 Å². The molecule has 0 spiro atoms. The van der Waals surface area contributed by atoms with E-state index < -0.39 is 11.5 Å². The molecule has 1 atom stereocenters. The number of aromatic amines is 1. The third kappa shape index (κ3) is 4.23. The number of aromatic nitrogens is 3. The normalized spacial score (nSPS) is 19.0. The number of halogens is 1. The third-order valence-corrected chi connectivity index (χ3v) is 4.91. The van der Waals surface area contributed by atoms with Crippen LogP contribution in [0, 0.1) is 5.82 Å². The van der Waals surface area contributed by atoms with Crippen molar-refractivity contribution in [1.29, 1.82) is 0 Å². The predicted molar refractivity (Wildman–Crippen MR) is 104 cm³/mol. The van der Waals surface area contributed by atoms with Gasteiger partial charge in [0.05, 0.1) is 19.6 Å². The molecule has 10 heteroatoms. The van der Waals surface area contributed by atoms with E-state index in [1.165, 1.54) is 24.3 Å². The van der Waals surface area contributed by atoms with Crippen molar-refractivity contribution in [2.45, 2.75) is 12.0 Å². The monoisotopic (exact) mass is 413 g/mol. The first-order valence-corrected chi connectivity index (χ1v) is 9.35. The number of carbonyl (C=O) groups excluding carboxylic acids is 2. The SMILES string of the molecule is NC(=O)C[C@]1(COc2ccc(F)cc2)CN(C(=O)c2ccc3n[nH]nc3c2)CCO1. The fraction of sp³-hybridized carbons (Fsp3) is 0.300. The highest BCUT2D eigenvalue weighted by atomic mass is 19.1. The number of nitrogens with zero attached hydrogens (tertiary/aromatic N) is 3. The number of hydrogen-bond donors (Lipinski definition) is 2. The molecule has 3 aromatic rings. The number of benzene rings is 2. The zero-order valence-electron chi connectivity index (χ0n) is 16.0. The molecule has 1 aromatic heterocycles. The van der Waals surface area contributed by atoms with Crippen molar-refractivity contribution in [3.8, 4) is 5.75 Å². The summed E-state index contributed by atoms with van der Waals surface area (Å²) >= 11 is 0. The second-order valence-corrected chi connectivity index (χ2v) is 7.17. The van der Waals surface area contributed by atoms with E-state index in [9.17, 15) is 14.0 Å². The van der Waals surface area contributed by atoms with Gasteiger partial charge in [-0.2, -0.15) is 15.4 Å². The Morgan fingerprint density at radius 1 is 1.20 bits per heavy atom. The van der Waals surface area contributed by atoms with Gasteiger partial charge in [0.1, 0.15) is 34.8 Å². The van der Waals surface area contributed by atoms with Crippen molar-refractivity contribution in [3.05, 3.63) is 53.8 Å². The van der Waals surface area contributed by atoms with E-state index in [1.54, 1.807) is 23.1 Å². The van der Waals surface area contributed by atoms with Gasteiger partial charge in [0, 0.05) is 12.1 Å². The molecule has 3 N–H and O–H groups in total. The molecule has 0 saturated carbocycles. The van der Waals surface area contributed by atoms with Crippen LogP contribution in [0.3, 0.4) is 0 Å². The number of nitrogens with two attached hydrogens (primary N) is 1. The van der Waals surface area contributed by atoms with Crippen LogP contribution in [0.15, 0.2) is 42.5 Å². The number of hydrogen-bond acceptors (Lipinski definition) is 6. The second kappa shape index (κ2) is 8.07. The minimum atomic E-state index is -1.11. The molecule has 0 aliphatic carbocycles. The Hall–Kier alpha value is -3.53. The van der Waals surface area contributed by atoms with Gasteiger partial charge in [0.25, 0.3) is 5.91 Å². The summed E-state index contributed by atoms with van der Waals surface area (Å²) in [6, 6.07) is 10.5. The maximum atomic E-state index is 13.1. The van der Waals surface area contributed by atoms with Crippen LogP contribution in [0.25, 0.3) is 11.0 Å². The van der Waals surface area contributed by atoms with Crippen molar-refractivity contribution < 1.29 is 23.5 Å². The molecular formula is C20H20FN5O4. The maximum absolute atomic E-state index is 13.1. The number of amides is 2. The molecule has 9 nitrogen and oxygen atoms in total. The van der Waals surface area contributed by atoms with Crippen molar-refractivity contribution in [1.82, 2.24) is 20.3 Å². The minimum Gasteiger partial charge on any atom is -0.490 e. The Morgan fingerprint density at radius 2 is 1.97 bits per heavy atom. The van der Waals surface area contributed by atoms with Crippen molar-refractivity contribution in [2.75, 3.05) is 26.3 Å². The van der Waals surface area contributed by atoms with Crippen LogP contribution in [0.5, 0.6) is 5.75 Å². The maximum Gasteiger partial charge on any atom is 0.254 e. The lowest BCUT2D eigenvalue weighted by molar-refractivity contribution is -0.142. The molecule has 4 rings (SSSR count). The van der Waals surface area contributed by atoms with Gasteiger partial charge in [-0.25, -0.2) is 4.39 Å². The molecular weight excluding hydrogens is 393 g/mol. The highest BCUT2D eigenvalue weighted by Crippen LogP contribution is 2.26. The van der Waals surface area contributed by atoms with E-state index in [2.05, 4.69) is 15.4 Å². The number of H-pyrrole nitrogens is 1. The van der Waals surface area contributed by atoms with Gasteiger partial charge in [-0.3, -0.25) is 9.59 Å². The van der Waals surface area contributed by atoms with Crippen LogP contribution in [-0.4, -0.2) is 64.0 Å². The average molecular weight is 413 g/mol. The fourth-order valence-electron chi connectivity index (χ4n) is 3.48. The van der Waals surface area contributed by atoms with E-state index in [4.69, 9.17) is 15.2 Å². The zero-order valence-corrected chi connectivity index (χ0v) is 16.0. The number of fused-ring (bicyclic) bond motifs is 1. The van der Waals surface area contributed by atoms with Crippen molar-refractivity contribution in [2.24, 2.45) is 5.73 Å². The summed E-state index contributed by atoms with van der Waals surface area (Å²) in [5, 5.41) is 10.5. The van der Waals surface area contributed by atoms with Crippen LogP contribution in [0.4, 0.5) is 4.39 Å². The van der Waals surface area contributed by atoms with Gasteiger partial charge in [0.15, 0.2) is 0 Å². The largest absolute Gasteiger partial charge is 0.490 e. The number of carbonyl (C=O) groups is 2. The van der Waals surface area contributed by atoms with E-state index in [0.717, 1.165) is 0 Å². The summed E-state index contributed by atoms with van der Waals surface area (Å²) in [6.07, 6.45) is -0.125. The molecule has 1 fully saturated rings. The van der Waals surface area contributed by atoms with Crippen molar-refractivity contribution in [3.63, 3.8) is 0 Å². The number of morpholine rings is 1. The fourth-order valence-corrected chi connectivity index (χ4v) is 3.48. The first-order valence-electron chi connectivity index (χ1n) is 9.35. The topological polar surface area (TPSA) is 123 Å². The molecule has 1 aliphatic heterocycles. The Balaban J connectivity index is 1.52. The van der Waals surface area contributed by atoms with Crippen molar-refractivity contribution >= 4 is 22.8 Å². The van der Waals surface area contributed by atoms with Crippen LogP contribution in [-0.2, 0) is 9.53 Å². The molecule has 2 heterocycles. The Morgan fingerprint density at radius 3 is 2.73 bits per heavy atom. The molecule has 30 heavy (non-hydrogen) atoms. The lowest BCUT2D eigenvalue weighted by Crippen LogP contribution is -2.58. The Kier molecular flexibility index (Phi) is 5.32. The van der Waals surface area contributed by atoms with Gasteiger partial charge in [-0.05, 0) is 42.5 Å². The van der Waals surface area contributed by atoms with E-state index >= 15 is 0 Å². The molecule has 0 bridgehead atoms. The summed E-state index contributed by atoms with van der Waals surface area (Å²) < 4.78 is 24.7. The summed E-state index contributed by atoms with van der Waals surface area (Å²) in [6.45, 7) is 0.672. The van der Waals surface area contributed by atoms with Gasteiger partial charge in [-0.1, -0.05) is 0 Å². The van der Waals surface area contributed by atoms with Gasteiger partial charge in [-0.15, -0.1) is 0 Å². The Labute approximate surface area is 170 Å². The highest BCUT2D eigenvalue weighted by molar-refractivity contribution is 5.97. The molecule has 156 valence electrons. The summed E-state index contributed by atoms with van der Waals surface area (Å²) in [5.74, 6) is -0.761. The zero-order chi connectivity index (χ0) is 21.1. The molecule has 1 aliphatic rings. The van der Waals surface area contributed by atoms with Crippen LogP contribution in [0.2, 0.25) is 0 Å². The number of ether oxygens (including phenoxy) is 2. The summed E-state index contributed by atoms with van der Waals surface area (Å²) in [4.78, 5) is 26.4. The standard InChI is InChI=1S/C20H20FN5O4/c21-14-2-4-15(5-3-14)29-12-20(10-18(22)27)11-26(7-8-30-20)19(28)13-1-6-16-17(9-13)24-25-23-16/h1-6,9H,7-8,10-12H2,(H2,22,27)(H,23,24,25)/t20-/m1/s1. The summed E-state index contributed by atoms with van der Waals surface area (Å²) in [7, 11) is 0. The van der Waals surface area contributed by atoms with Crippen LogP contribution < -0.4 is 10.5 Å². The molecule has 0 radical (unpaired) electrons.